The van der Waals surface area contributed by atoms with Gasteiger partial charge in [0.15, 0.2) is 32.5 Å². The number of alkyl halides is 1. The molecule has 2 aliphatic heterocycles. The summed E-state index contributed by atoms with van der Waals surface area (Å²) in [5, 5.41) is 13.5. The van der Waals surface area contributed by atoms with E-state index in [9.17, 15) is 32.3 Å². The molecule has 14 nitrogen and oxygen atoms in total. The molecule has 0 amide bonds. The number of rotatable bonds is 24. The minimum absolute atomic E-state index is 0.0832. The lowest BCUT2D eigenvalue weighted by Gasteiger charge is -2.31. The van der Waals surface area contributed by atoms with Crippen LogP contribution < -0.4 is 5.32 Å². The number of nitrogens with one attached hydrogen (secondary N) is 1. The van der Waals surface area contributed by atoms with Gasteiger partial charge in [-0.3, -0.25) is 13.9 Å². The minimum atomic E-state index is -4.75. The van der Waals surface area contributed by atoms with Crippen molar-refractivity contribution in [2.75, 3.05) is 23.4 Å². The fourth-order valence-corrected chi connectivity index (χ4v) is 11.5. The summed E-state index contributed by atoms with van der Waals surface area (Å²) < 4.78 is 83.0. The van der Waals surface area contributed by atoms with Gasteiger partial charge >= 0.3 is 13.6 Å². The average Bonchev–Trinajstić information content (AvgIpc) is 3.75. The quantitative estimate of drug-likeness (QED) is 0.0337. The lowest BCUT2D eigenvalue weighted by molar-refractivity contribution is -0.193. The third kappa shape index (κ3) is 12.3. The first-order valence-corrected chi connectivity index (χ1v) is 23.9. The highest BCUT2D eigenvalue weighted by Crippen LogP contribution is 2.47. The van der Waals surface area contributed by atoms with E-state index in [1.165, 1.54) is 57.8 Å². The molecule has 1 saturated carbocycles. The van der Waals surface area contributed by atoms with E-state index in [0.717, 1.165) is 19.3 Å². The Kier molecular flexibility index (Phi) is 16.0. The maximum absolute atomic E-state index is 13.6. The van der Waals surface area contributed by atoms with Crippen LogP contribution in [-0.4, -0.2) is 83.2 Å². The molecule has 3 aliphatic rings. The summed E-state index contributed by atoms with van der Waals surface area (Å²) in [6.07, 6.45) is 12.8. The summed E-state index contributed by atoms with van der Waals surface area (Å²) in [5.41, 5.74) is -0.418. The molecule has 2 aromatic heterocycles. The predicted octanol–water partition coefficient (Wildman–Crippen LogP) is 8.45. The summed E-state index contributed by atoms with van der Waals surface area (Å²) >= 11 is 6.45. The fraction of sp³-hybridized carbons (Fsp3) is 0.763. The largest absolute Gasteiger partial charge is 0.438 e. The molecule has 2 N–H and O–H groups in total. The number of pyridine rings is 1. The molecule has 314 valence electrons. The van der Waals surface area contributed by atoms with Gasteiger partial charge in [-0.15, -0.1) is 0 Å². The number of sulfone groups is 1. The average molecular weight is 847 g/mol. The first-order chi connectivity index (χ1) is 26.6. The normalized spacial score (nSPS) is 25.4. The minimum Gasteiger partial charge on any atom is -0.438 e. The van der Waals surface area contributed by atoms with Crippen LogP contribution in [0.1, 0.15) is 135 Å². The number of aromatic nitrogens is 2. The van der Waals surface area contributed by atoms with Gasteiger partial charge < -0.3 is 33.7 Å². The van der Waals surface area contributed by atoms with Crippen molar-refractivity contribution >= 4 is 51.7 Å². The number of carbonyl (C=O) groups excluding carboxylic acids is 1. The SMILES string of the molecule is CCCCCCCCCCCCCCCC(=O)OCOP(=O)(O)CS(=O)(=O)C[C@H]1O[C@@H](n2ccc3c(NC4CC(F)C4)c(C#N)c(Cl)nc32)[C@@H]2OC(C)(C)O[C@@H]21. The number of fused-ring (bicyclic) bond motifs is 2. The Morgan fingerprint density at radius 1 is 1.09 bits per heavy atom. The number of carbonyl (C=O) groups is 1. The van der Waals surface area contributed by atoms with Crippen molar-refractivity contribution in [1.29, 1.82) is 5.26 Å². The Balaban J connectivity index is 1.09. The van der Waals surface area contributed by atoms with E-state index in [2.05, 4.69) is 23.3 Å². The van der Waals surface area contributed by atoms with Gasteiger partial charge in [-0.05, 0) is 39.2 Å². The second-order valence-corrected chi connectivity index (χ2v) is 20.4. The van der Waals surface area contributed by atoms with Gasteiger partial charge in [-0.1, -0.05) is 95.6 Å². The molecule has 3 fully saturated rings. The van der Waals surface area contributed by atoms with E-state index < -0.39 is 77.9 Å². The molecule has 0 aromatic carbocycles. The van der Waals surface area contributed by atoms with Crippen LogP contribution in [0.5, 0.6) is 0 Å². The predicted molar refractivity (Wildman–Crippen MR) is 210 cm³/mol. The van der Waals surface area contributed by atoms with Gasteiger partial charge in [0.1, 0.15) is 41.8 Å². The van der Waals surface area contributed by atoms with Gasteiger partial charge in [0.2, 0.25) is 6.79 Å². The standard InChI is InChI=1S/C38H57ClFN4O10PS/c1-4-5-6-7-8-9-10-11-12-13-14-15-16-17-31(45)50-24-51-55(46,47)25-56(48,49)23-30-33-34(54-38(2,3)53-33)37(52-30)44-19-18-28-32(42-27-20-26(40)21-27)29(22-41)35(39)43-36(28)44/h18-19,26-27,30,33-34,37H,4-17,20-21,23-25H2,1-3H3,(H,42,43)(H,46,47)/t26?,27?,30-,33-,34-,37-/m1/s1. The fourth-order valence-electron chi connectivity index (χ4n) is 7.61. The summed E-state index contributed by atoms with van der Waals surface area (Å²) in [4.78, 5) is 27.0. The molecule has 4 heterocycles. The molecule has 0 spiro atoms. The molecular formula is C38H57ClFN4O10PS. The maximum Gasteiger partial charge on any atom is 0.346 e. The topological polar surface area (TPSA) is 188 Å². The third-order valence-electron chi connectivity index (χ3n) is 10.5. The highest BCUT2D eigenvalue weighted by atomic mass is 35.5. The van der Waals surface area contributed by atoms with Crippen LogP contribution in [-0.2, 0) is 42.7 Å². The highest BCUT2D eigenvalue weighted by molar-refractivity contribution is 7.97. The van der Waals surface area contributed by atoms with Crippen molar-refractivity contribution in [2.45, 2.75) is 166 Å². The molecule has 5 atom stereocenters. The second-order valence-electron chi connectivity index (χ2n) is 15.7. The van der Waals surface area contributed by atoms with Crippen molar-refractivity contribution in [3.05, 3.63) is 23.0 Å². The maximum atomic E-state index is 13.6. The van der Waals surface area contributed by atoms with Crippen LogP contribution in [0.4, 0.5) is 10.1 Å². The Hall–Kier alpha value is -2.35. The van der Waals surface area contributed by atoms with E-state index >= 15 is 0 Å². The number of nitriles is 1. The van der Waals surface area contributed by atoms with Crippen molar-refractivity contribution in [3.63, 3.8) is 0 Å². The Bertz CT molecular complexity index is 1840. The molecule has 56 heavy (non-hydrogen) atoms. The van der Waals surface area contributed by atoms with Crippen molar-refractivity contribution in [1.82, 2.24) is 9.55 Å². The molecule has 2 saturated heterocycles. The number of nitrogens with zero attached hydrogens (tertiary/aromatic N) is 3. The number of halogens is 2. The zero-order valence-electron chi connectivity index (χ0n) is 32.6. The molecule has 0 radical (unpaired) electrons. The number of hydrogen-bond acceptors (Lipinski definition) is 12. The number of esters is 1. The van der Waals surface area contributed by atoms with E-state index in [4.69, 9.17) is 35.1 Å². The molecule has 5 rings (SSSR count). The van der Waals surface area contributed by atoms with Crippen molar-refractivity contribution < 1.29 is 50.5 Å². The number of unbranched alkanes of at least 4 members (excludes halogenated alkanes) is 12. The number of ether oxygens (including phenoxy) is 4. The summed E-state index contributed by atoms with van der Waals surface area (Å²) in [7, 11) is -9.07. The van der Waals surface area contributed by atoms with Crippen LogP contribution in [0, 0.1) is 11.3 Å². The summed E-state index contributed by atoms with van der Waals surface area (Å²) in [6, 6.07) is 3.57. The molecule has 1 unspecified atom stereocenters. The van der Waals surface area contributed by atoms with E-state index in [0.29, 0.717) is 23.1 Å². The Labute approximate surface area is 334 Å². The van der Waals surface area contributed by atoms with Crippen LogP contribution in [0.2, 0.25) is 5.15 Å². The van der Waals surface area contributed by atoms with Crippen LogP contribution in [0.25, 0.3) is 11.0 Å². The van der Waals surface area contributed by atoms with Crippen LogP contribution in [0.15, 0.2) is 12.3 Å². The Morgan fingerprint density at radius 3 is 2.30 bits per heavy atom. The van der Waals surface area contributed by atoms with Crippen LogP contribution >= 0.6 is 19.2 Å². The monoisotopic (exact) mass is 846 g/mol. The molecular weight excluding hydrogens is 790 g/mol. The molecule has 1 aliphatic carbocycles. The van der Waals surface area contributed by atoms with Crippen LogP contribution in [0.3, 0.4) is 0 Å². The van der Waals surface area contributed by atoms with E-state index in [1.807, 2.05) is 0 Å². The summed E-state index contributed by atoms with van der Waals surface area (Å²) in [6.45, 7) is 4.71. The first kappa shape index (κ1) is 44.7. The molecule has 18 heteroatoms. The van der Waals surface area contributed by atoms with Gasteiger partial charge in [0, 0.05) is 24.0 Å². The van der Waals surface area contributed by atoms with Crippen molar-refractivity contribution in [3.8, 4) is 6.07 Å². The lowest BCUT2D eigenvalue weighted by atomic mass is 9.90. The zero-order valence-corrected chi connectivity index (χ0v) is 35.1. The smallest absolute Gasteiger partial charge is 0.346 e. The highest BCUT2D eigenvalue weighted by Gasteiger charge is 2.57. The number of anilines is 1. The summed E-state index contributed by atoms with van der Waals surface area (Å²) in [5.74, 6) is -2.42. The van der Waals surface area contributed by atoms with Gasteiger partial charge in [0.25, 0.3) is 0 Å². The van der Waals surface area contributed by atoms with Gasteiger partial charge in [0.05, 0.1) is 11.4 Å². The van der Waals surface area contributed by atoms with E-state index in [1.54, 1.807) is 30.7 Å². The zero-order chi connectivity index (χ0) is 40.5. The van der Waals surface area contributed by atoms with Gasteiger partial charge in [-0.25, -0.2) is 17.8 Å². The third-order valence-corrected chi connectivity index (χ3v) is 15.0. The lowest BCUT2D eigenvalue weighted by Crippen LogP contribution is -2.36. The van der Waals surface area contributed by atoms with Crippen molar-refractivity contribution in [2.24, 2.45) is 0 Å². The molecule has 2 aromatic rings. The Morgan fingerprint density at radius 2 is 1.70 bits per heavy atom. The van der Waals surface area contributed by atoms with Gasteiger partial charge in [-0.2, -0.15) is 5.26 Å². The second kappa shape index (κ2) is 20.1. The number of hydrogen-bond donors (Lipinski definition) is 2. The first-order valence-electron chi connectivity index (χ1n) is 20.0. The molecule has 0 bridgehead atoms. The van der Waals surface area contributed by atoms with E-state index in [-0.39, 0.29) is 36.0 Å².